The van der Waals surface area contributed by atoms with E-state index in [9.17, 15) is 4.79 Å². The number of nitrogens with one attached hydrogen (secondary N) is 1. The molecule has 1 saturated carbocycles. The van der Waals surface area contributed by atoms with E-state index in [4.69, 9.17) is 9.47 Å². The number of likely N-dealkylation sites (tertiary alicyclic amines) is 1. The SMILES string of the molecule is COc1ccc(NC(=O)[C@@H]2CCCN(CCCc3ccccc3)C2)cc1OC1CCCC1. The summed E-state index contributed by atoms with van der Waals surface area (Å²) in [7, 11) is 1.66. The quantitative estimate of drug-likeness (QED) is 0.580. The van der Waals surface area contributed by atoms with Crippen LogP contribution in [0.1, 0.15) is 50.5 Å². The molecule has 172 valence electrons. The Kier molecular flexibility index (Phi) is 8.05. The second-order valence-electron chi connectivity index (χ2n) is 9.11. The average molecular weight is 437 g/mol. The Morgan fingerprint density at radius 2 is 1.84 bits per heavy atom. The molecule has 5 heteroatoms. The fourth-order valence-electron chi connectivity index (χ4n) is 4.90. The Balaban J connectivity index is 1.29. The number of piperidine rings is 1. The van der Waals surface area contributed by atoms with Gasteiger partial charge in [0.2, 0.25) is 5.91 Å². The predicted octanol–water partition coefficient (Wildman–Crippen LogP) is 5.30. The minimum absolute atomic E-state index is 0.0294. The highest BCUT2D eigenvalue weighted by atomic mass is 16.5. The summed E-state index contributed by atoms with van der Waals surface area (Å²) in [5, 5.41) is 3.13. The molecule has 1 aliphatic heterocycles. The molecular weight excluding hydrogens is 400 g/mol. The van der Waals surface area contributed by atoms with Crippen LogP contribution < -0.4 is 14.8 Å². The van der Waals surface area contributed by atoms with Crippen molar-refractivity contribution in [3.05, 3.63) is 54.1 Å². The number of hydrogen-bond donors (Lipinski definition) is 1. The van der Waals surface area contributed by atoms with Gasteiger partial charge in [-0.05, 0) is 82.2 Å². The number of nitrogens with zero attached hydrogens (tertiary/aromatic N) is 1. The summed E-state index contributed by atoms with van der Waals surface area (Å²) >= 11 is 0. The molecule has 1 aliphatic carbocycles. The van der Waals surface area contributed by atoms with Gasteiger partial charge in [-0.2, -0.15) is 0 Å². The zero-order valence-corrected chi connectivity index (χ0v) is 19.2. The van der Waals surface area contributed by atoms with Crippen molar-refractivity contribution in [2.75, 3.05) is 32.1 Å². The maximum Gasteiger partial charge on any atom is 0.228 e. The Morgan fingerprint density at radius 3 is 2.62 bits per heavy atom. The molecular formula is C27H36N2O3. The van der Waals surface area contributed by atoms with Crippen LogP contribution in [0.4, 0.5) is 5.69 Å². The number of benzene rings is 2. The van der Waals surface area contributed by atoms with Gasteiger partial charge in [0, 0.05) is 18.3 Å². The molecule has 2 aromatic rings. The first-order valence-corrected chi connectivity index (χ1v) is 12.1. The summed E-state index contributed by atoms with van der Waals surface area (Å²) in [6.45, 7) is 2.96. The first-order valence-electron chi connectivity index (χ1n) is 12.1. The van der Waals surface area contributed by atoms with Gasteiger partial charge in [0.15, 0.2) is 11.5 Å². The number of carbonyl (C=O) groups excluding carboxylic acids is 1. The van der Waals surface area contributed by atoms with Gasteiger partial charge in [0.05, 0.1) is 19.1 Å². The lowest BCUT2D eigenvalue weighted by molar-refractivity contribution is -0.121. The molecule has 1 heterocycles. The van der Waals surface area contributed by atoms with Crippen LogP contribution in [0.2, 0.25) is 0 Å². The van der Waals surface area contributed by atoms with E-state index in [2.05, 4.69) is 40.5 Å². The minimum Gasteiger partial charge on any atom is -0.493 e. The standard InChI is InChI=1S/C27H36N2O3/c1-31-25-16-15-23(19-26(25)32-24-13-5-6-14-24)28-27(30)22-12-8-18-29(20-22)17-7-11-21-9-3-2-4-10-21/h2-4,9-10,15-16,19,22,24H,5-8,11-14,17-18,20H2,1H3,(H,28,30)/t22-/m1/s1. The molecule has 1 saturated heterocycles. The van der Waals surface area contributed by atoms with Crippen molar-refractivity contribution in [1.29, 1.82) is 0 Å². The zero-order chi connectivity index (χ0) is 22.2. The Bertz CT molecular complexity index is 864. The van der Waals surface area contributed by atoms with E-state index in [0.717, 1.165) is 75.3 Å². The summed E-state index contributed by atoms with van der Waals surface area (Å²) in [6, 6.07) is 16.3. The first kappa shape index (κ1) is 22.7. The number of ether oxygens (including phenoxy) is 2. The van der Waals surface area contributed by atoms with Crippen molar-refractivity contribution in [2.45, 2.75) is 57.5 Å². The van der Waals surface area contributed by atoms with Crippen molar-refractivity contribution >= 4 is 11.6 Å². The van der Waals surface area contributed by atoms with E-state index in [-0.39, 0.29) is 17.9 Å². The molecule has 0 aromatic heterocycles. The van der Waals surface area contributed by atoms with Crippen LogP contribution in [0.3, 0.4) is 0 Å². The zero-order valence-electron chi connectivity index (χ0n) is 19.2. The number of carbonyl (C=O) groups is 1. The molecule has 0 bridgehead atoms. The van der Waals surface area contributed by atoms with Crippen molar-refractivity contribution in [3.63, 3.8) is 0 Å². The molecule has 2 aromatic carbocycles. The maximum absolute atomic E-state index is 13.0. The molecule has 1 amide bonds. The first-order chi connectivity index (χ1) is 15.7. The molecule has 2 aliphatic rings. The maximum atomic E-state index is 13.0. The third-order valence-corrected chi connectivity index (χ3v) is 6.69. The van der Waals surface area contributed by atoms with Crippen LogP contribution in [0, 0.1) is 5.92 Å². The summed E-state index contributed by atoms with van der Waals surface area (Å²) in [5.74, 6) is 1.58. The molecule has 2 fully saturated rings. The normalized spacial score (nSPS) is 19.6. The van der Waals surface area contributed by atoms with Crippen molar-refractivity contribution < 1.29 is 14.3 Å². The Morgan fingerprint density at radius 1 is 1.03 bits per heavy atom. The predicted molar refractivity (Wildman–Crippen MR) is 128 cm³/mol. The molecule has 0 spiro atoms. The second kappa shape index (κ2) is 11.4. The number of amides is 1. The fraction of sp³-hybridized carbons (Fsp3) is 0.519. The fourth-order valence-corrected chi connectivity index (χ4v) is 4.90. The van der Waals surface area contributed by atoms with Gasteiger partial charge >= 0.3 is 0 Å². The number of aryl methyl sites for hydroxylation is 1. The van der Waals surface area contributed by atoms with Crippen LogP contribution in [-0.4, -0.2) is 43.7 Å². The lowest BCUT2D eigenvalue weighted by Gasteiger charge is -2.32. The van der Waals surface area contributed by atoms with Crippen LogP contribution in [-0.2, 0) is 11.2 Å². The summed E-state index contributed by atoms with van der Waals surface area (Å²) in [5.41, 5.74) is 2.17. The van der Waals surface area contributed by atoms with E-state index in [1.807, 2.05) is 18.2 Å². The van der Waals surface area contributed by atoms with Gasteiger partial charge in [-0.25, -0.2) is 0 Å². The lowest BCUT2D eigenvalue weighted by Crippen LogP contribution is -2.41. The molecule has 5 nitrogen and oxygen atoms in total. The number of hydrogen-bond acceptors (Lipinski definition) is 4. The van der Waals surface area contributed by atoms with E-state index in [1.165, 1.54) is 18.4 Å². The summed E-state index contributed by atoms with van der Waals surface area (Å²) < 4.78 is 11.6. The van der Waals surface area contributed by atoms with Gasteiger partial charge < -0.3 is 19.7 Å². The van der Waals surface area contributed by atoms with Gasteiger partial charge in [-0.3, -0.25) is 4.79 Å². The van der Waals surface area contributed by atoms with Gasteiger partial charge in [-0.1, -0.05) is 30.3 Å². The average Bonchev–Trinajstić information content (AvgIpc) is 3.33. The number of methoxy groups -OCH3 is 1. The number of anilines is 1. The molecule has 1 N–H and O–H groups in total. The topological polar surface area (TPSA) is 50.8 Å². The largest absolute Gasteiger partial charge is 0.493 e. The van der Waals surface area contributed by atoms with E-state index < -0.39 is 0 Å². The van der Waals surface area contributed by atoms with E-state index >= 15 is 0 Å². The van der Waals surface area contributed by atoms with Gasteiger partial charge in [0.25, 0.3) is 0 Å². The van der Waals surface area contributed by atoms with E-state index in [1.54, 1.807) is 7.11 Å². The number of rotatable bonds is 9. The molecule has 0 unspecified atom stereocenters. The van der Waals surface area contributed by atoms with E-state index in [0.29, 0.717) is 0 Å². The van der Waals surface area contributed by atoms with Crippen molar-refractivity contribution in [1.82, 2.24) is 4.90 Å². The molecule has 32 heavy (non-hydrogen) atoms. The van der Waals surface area contributed by atoms with Crippen LogP contribution in [0.25, 0.3) is 0 Å². The van der Waals surface area contributed by atoms with Crippen LogP contribution in [0.15, 0.2) is 48.5 Å². The highest BCUT2D eigenvalue weighted by Gasteiger charge is 2.26. The van der Waals surface area contributed by atoms with Crippen LogP contribution >= 0.6 is 0 Å². The lowest BCUT2D eigenvalue weighted by atomic mass is 9.96. The minimum atomic E-state index is 0.0294. The summed E-state index contributed by atoms with van der Waals surface area (Å²) in [6.07, 6.45) is 9.08. The van der Waals surface area contributed by atoms with Gasteiger partial charge in [0.1, 0.15) is 0 Å². The second-order valence-corrected chi connectivity index (χ2v) is 9.11. The molecule has 0 radical (unpaired) electrons. The van der Waals surface area contributed by atoms with Crippen molar-refractivity contribution in [3.8, 4) is 11.5 Å². The Labute approximate surface area is 192 Å². The molecule has 1 atom stereocenters. The van der Waals surface area contributed by atoms with Crippen LogP contribution in [0.5, 0.6) is 11.5 Å². The smallest absolute Gasteiger partial charge is 0.228 e. The Hall–Kier alpha value is -2.53. The third-order valence-electron chi connectivity index (χ3n) is 6.69. The monoisotopic (exact) mass is 436 g/mol. The van der Waals surface area contributed by atoms with Crippen molar-refractivity contribution in [2.24, 2.45) is 5.92 Å². The highest BCUT2D eigenvalue weighted by molar-refractivity contribution is 5.93. The summed E-state index contributed by atoms with van der Waals surface area (Å²) in [4.78, 5) is 15.5. The molecule has 4 rings (SSSR count). The third kappa shape index (κ3) is 6.26. The highest BCUT2D eigenvalue weighted by Crippen LogP contribution is 2.34. The van der Waals surface area contributed by atoms with Gasteiger partial charge in [-0.15, -0.1) is 0 Å².